The smallest absolute Gasteiger partial charge is 0.437 e. The summed E-state index contributed by atoms with van der Waals surface area (Å²) in [5.41, 5.74) is -0.111. The van der Waals surface area contributed by atoms with E-state index in [1.165, 1.54) is 0 Å². The van der Waals surface area contributed by atoms with Gasteiger partial charge in [0.2, 0.25) is 11.9 Å². The zero-order valence-corrected chi connectivity index (χ0v) is 20.1. The average Bonchev–Trinajstić information content (AvgIpc) is 3.32. The highest BCUT2D eigenvalue weighted by Crippen LogP contribution is 2.30. The number of hydrogen-bond donors (Lipinski definition) is 1. The number of benzene rings is 1. The van der Waals surface area contributed by atoms with E-state index in [9.17, 15) is 14.4 Å². The van der Waals surface area contributed by atoms with Crippen LogP contribution in [0.15, 0.2) is 35.3 Å². The fourth-order valence-electron chi connectivity index (χ4n) is 4.19. The van der Waals surface area contributed by atoms with Crippen LogP contribution in [0.4, 0.5) is 4.79 Å². The summed E-state index contributed by atoms with van der Waals surface area (Å²) >= 11 is 0. The summed E-state index contributed by atoms with van der Waals surface area (Å²) in [6.45, 7) is -3.05. The Morgan fingerprint density at radius 3 is 2.57 bits per heavy atom. The van der Waals surface area contributed by atoms with Crippen molar-refractivity contribution in [3.05, 3.63) is 35.9 Å². The van der Waals surface area contributed by atoms with Gasteiger partial charge >= 0.3 is 12.1 Å². The van der Waals surface area contributed by atoms with Crippen molar-refractivity contribution in [1.29, 1.82) is 0 Å². The normalized spacial score (nSPS) is 26.2. The molecule has 2 heterocycles. The molecule has 1 aromatic carbocycles. The number of carbonyl (C=O) groups is 3. The lowest BCUT2D eigenvalue weighted by Gasteiger charge is -2.29. The highest BCUT2D eigenvalue weighted by Gasteiger charge is 2.38. The minimum absolute atomic E-state index is 0.0945. The fourth-order valence-corrected chi connectivity index (χ4v) is 4.19. The van der Waals surface area contributed by atoms with Crippen molar-refractivity contribution in [2.75, 3.05) is 26.7 Å². The zero-order valence-electron chi connectivity index (χ0n) is 23.1. The van der Waals surface area contributed by atoms with E-state index in [2.05, 4.69) is 10.3 Å². The van der Waals surface area contributed by atoms with Crippen LogP contribution in [0, 0.1) is 0 Å². The SMILES string of the molecule is [2H]C([2H])([2H])N1CC(=O)OC2(CCCCCCCCCC(=O)NC1=NC(=O)OCc1ccccc1)CCOC2. The van der Waals surface area contributed by atoms with Crippen LogP contribution < -0.4 is 5.32 Å². The summed E-state index contributed by atoms with van der Waals surface area (Å²) in [4.78, 5) is 42.6. The van der Waals surface area contributed by atoms with E-state index < -0.39 is 43.1 Å². The van der Waals surface area contributed by atoms with E-state index in [1.54, 1.807) is 24.3 Å². The molecule has 1 unspecified atom stereocenters. The van der Waals surface area contributed by atoms with Crippen molar-refractivity contribution in [2.45, 2.75) is 76.4 Å². The van der Waals surface area contributed by atoms with E-state index in [0.29, 0.717) is 36.3 Å². The van der Waals surface area contributed by atoms with Gasteiger partial charge in [-0.15, -0.1) is 4.99 Å². The number of nitrogens with zero attached hydrogens (tertiary/aromatic N) is 2. The van der Waals surface area contributed by atoms with Gasteiger partial charge in [0.1, 0.15) is 18.8 Å². The summed E-state index contributed by atoms with van der Waals surface area (Å²) < 4.78 is 40.5. The molecule has 3 rings (SSSR count). The monoisotopic (exact) mass is 490 g/mol. The van der Waals surface area contributed by atoms with Gasteiger partial charge in [0.15, 0.2) is 0 Å². The molecule has 9 heteroatoms. The number of ether oxygens (including phenoxy) is 3. The van der Waals surface area contributed by atoms with Crippen molar-refractivity contribution in [3.8, 4) is 0 Å². The topological polar surface area (TPSA) is 107 Å². The first-order valence-electron chi connectivity index (χ1n) is 13.8. The molecule has 1 N–H and O–H groups in total. The first-order chi connectivity index (χ1) is 18.2. The predicted octanol–water partition coefficient (Wildman–Crippen LogP) is 3.95. The molecule has 0 radical (unpaired) electrons. The maximum atomic E-state index is 13.0. The molecule has 0 bridgehead atoms. The van der Waals surface area contributed by atoms with Crippen LogP contribution >= 0.6 is 0 Å². The lowest BCUT2D eigenvalue weighted by molar-refractivity contribution is -0.161. The minimum Gasteiger partial charge on any atom is -0.455 e. The maximum absolute atomic E-state index is 13.0. The third-order valence-corrected chi connectivity index (χ3v) is 6.13. The molecule has 2 amide bonds. The van der Waals surface area contributed by atoms with Gasteiger partial charge in [-0.3, -0.25) is 14.9 Å². The van der Waals surface area contributed by atoms with Crippen molar-refractivity contribution >= 4 is 23.9 Å². The fraction of sp³-hybridized carbons (Fsp3) is 0.615. The van der Waals surface area contributed by atoms with Gasteiger partial charge in [-0.25, -0.2) is 4.79 Å². The van der Waals surface area contributed by atoms with Crippen LogP contribution in [0.1, 0.15) is 73.9 Å². The number of rotatable bonds is 2. The Kier molecular flexibility index (Phi) is 8.89. The van der Waals surface area contributed by atoms with Gasteiger partial charge in [0.05, 0.1) is 13.2 Å². The van der Waals surface area contributed by atoms with Crippen LogP contribution in [0.25, 0.3) is 0 Å². The molecule has 35 heavy (non-hydrogen) atoms. The molecule has 1 spiro atoms. The maximum Gasteiger partial charge on any atom is 0.437 e. The van der Waals surface area contributed by atoms with Crippen molar-refractivity contribution in [3.63, 3.8) is 0 Å². The van der Waals surface area contributed by atoms with Crippen molar-refractivity contribution in [1.82, 2.24) is 10.2 Å². The Labute approximate surface area is 211 Å². The Morgan fingerprint density at radius 2 is 1.86 bits per heavy atom. The molecule has 2 aliphatic heterocycles. The lowest BCUT2D eigenvalue weighted by atomic mass is 9.94. The number of hydrogen-bond acceptors (Lipinski definition) is 6. The second kappa shape index (κ2) is 13.8. The van der Waals surface area contributed by atoms with Crippen molar-refractivity contribution < 1.29 is 32.7 Å². The number of guanidine groups is 1. The molecule has 0 saturated carbocycles. The third kappa shape index (κ3) is 9.32. The second-order valence-corrected chi connectivity index (χ2v) is 9.04. The van der Waals surface area contributed by atoms with Gasteiger partial charge in [-0.1, -0.05) is 62.4 Å². The molecule has 9 nitrogen and oxygen atoms in total. The van der Waals surface area contributed by atoms with E-state index in [-0.39, 0.29) is 19.6 Å². The van der Waals surface area contributed by atoms with Gasteiger partial charge in [-0.05, 0) is 24.8 Å². The summed E-state index contributed by atoms with van der Waals surface area (Å²) in [5.74, 6) is -1.89. The first kappa shape index (κ1) is 22.5. The molecular weight excluding hydrogens is 450 g/mol. The molecule has 2 fully saturated rings. The molecule has 0 aromatic heterocycles. The van der Waals surface area contributed by atoms with Gasteiger partial charge in [0, 0.05) is 23.9 Å². The van der Waals surface area contributed by atoms with Gasteiger partial charge < -0.3 is 19.1 Å². The van der Waals surface area contributed by atoms with Gasteiger partial charge in [0.25, 0.3) is 0 Å². The number of esters is 1. The van der Waals surface area contributed by atoms with Crippen LogP contribution in [0.2, 0.25) is 0 Å². The number of aliphatic imine (C=N–C) groups is 1. The summed E-state index contributed by atoms with van der Waals surface area (Å²) in [7, 11) is 0. The zero-order chi connectivity index (χ0) is 27.4. The van der Waals surface area contributed by atoms with Crippen molar-refractivity contribution in [2.24, 2.45) is 4.99 Å². The lowest BCUT2D eigenvalue weighted by Crippen LogP contribution is -2.46. The summed E-state index contributed by atoms with van der Waals surface area (Å²) in [5, 5.41) is 2.42. The Balaban J connectivity index is 1.83. The second-order valence-electron chi connectivity index (χ2n) is 9.04. The van der Waals surface area contributed by atoms with E-state index in [0.717, 1.165) is 38.5 Å². The number of likely N-dealkylation sites (N-methyl/N-ethyl adjacent to an activating group) is 1. The Hall–Kier alpha value is -2.94. The molecule has 192 valence electrons. The van der Waals surface area contributed by atoms with Crippen LogP contribution in [-0.2, 0) is 30.4 Å². The minimum atomic E-state index is -2.91. The van der Waals surface area contributed by atoms with Crippen LogP contribution in [0.3, 0.4) is 0 Å². The Morgan fingerprint density at radius 1 is 1.11 bits per heavy atom. The van der Waals surface area contributed by atoms with Gasteiger partial charge in [-0.2, -0.15) is 0 Å². The highest BCUT2D eigenvalue weighted by atomic mass is 16.6. The van der Waals surface area contributed by atoms with E-state index >= 15 is 0 Å². The standard InChI is InChI=1S/C26H37N3O6/c1-29-18-23(31)35-26(16-17-33-20-26)15-11-6-4-2-3-5-10-14-22(30)27-24(29)28-25(32)34-19-21-12-8-7-9-13-21/h7-9,12-13H,2-6,10-11,14-20H2,1H3,(H,27,28,30,32)/i1D3. The molecule has 0 aliphatic carbocycles. The highest BCUT2D eigenvalue weighted by molar-refractivity contribution is 6.01. The molecule has 1 aromatic rings. The largest absolute Gasteiger partial charge is 0.455 e. The molecule has 2 saturated heterocycles. The molecule has 1 atom stereocenters. The van der Waals surface area contributed by atoms with Crippen LogP contribution in [-0.4, -0.2) is 61.2 Å². The average molecular weight is 491 g/mol. The van der Waals surface area contributed by atoms with E-state index in [1.807, 2.05) is 6.07 Å². The van der Waals surface area contributed by atoms with Crippen LogP contribution in [0.5, 0.6) is 0 Å². The predicted molar refractivity (Wildman–Crippen MR) is 131 cm³/mol. The Bertz CT molecular complexity index is 965. The molecular formula is C26H37N3O6. The molecule has 2 aliphatic rings. The number of carbonyl (C=O) groups excluding carboxylic acids is 3. The summed E-state index contributed by atoms with van der Waals surface area (Å²) in [6, 6.07) is 8.89. The summed E-state index contributed by atoms with van der Waals surface area (Å²) in [6.07, 6.45) is 6.54. The van der Waals surface area contributed by atoms with E-state index in [4.69, 9.17) is 18.3 Å². The quantitative estimate of drug-likeness (QED) is 0.626. The number of amides is 2. The number of nitrogens with one attached hydrogen (secondary N) is 1. The third-order valence-electron chi connectivity index (χ3n) is 6.13. The first-order valence-corrected chi connectivity index (χ1v) is 12.3.